The third-order valence-corrected chi connectivity index (χ3v) is 3.43. The Bertz CT molecular complexity index is 175. The predicted molar refractivity (Wildman–Crippen MR) is 68.6 cm³/mol. The molecule has 0 aromatic carbocycles. The van der Waals surface area contributed by atoms with Crippen LogP contribution in [0.15, 0.2) is 0 Å². The van der Waals surface area contributed by atoms with Crippen LogP contribution in [0.4, 0.5) is 0 Å². The molecule has 0 aromatic heterocycles. The zero-order chi connectivity index (χ0) is 11.8. The molecule has 0 amide bonds. The molecule has 3 heteroatoms. The van der Waals surface area contributed by atoms with Gasteiger partial charge in [-0.1, -0.05) is 20.3 Å². The molecular formula is C13H28N2O. The Morgan fingerprint density at radius 1 is 1.44 bits per heavy atom. The second-order valence-corrected chi connectivity index (χ2v) is 5.14. The third kappa shape index (κ3) is 4.81. The maximum Gasteiger partial charge on any atom is 0.0586 e. The van der Waals surface area contributed by atoms with E-state index in [-0.39, 0.29) is 0 Å². The van der Waals surface area contributed by atoms with Gasteiger partial charge < -0.3 is 10.4 Å². The summed E-state index contributed by atoms with van der Waals surface area (Å²) in [5, 5.41) is 12.8. The van der Waals surface area contributed by atoms with Gasteiger partial charge in [-0.2, -0.15) is 0 Å². The van der Waals surface area contributed by atoms with E-state index >= 15 is 0 Å². The fraction of sp³-hybridized carbons (Fsp3) is 1.00. The fourth-order valence-electron chi connectivity index (χ4n) is 2.50. The van der Waals surface area contributed by atoms with Crippen LogP contribution in [0.2, 0.25) is 0 Å². The molecule has 2 N–H and O–H groups in total. The van der Waals surface area contributed by atoms with E-state index in [4.69, 9.17) is 0 Å². The minimum atomic E-state index is 0.328. The lowest BCUT2D eigenvalue weighted by molar-refractivity contribution is 0.0781. The van der Waals surface area contributed by atoms with Gasteiger partial charge in [0.2, 0.25) is 0 Å². The summed E-state index contributed by atoms with van der Waals surface area (Å²) < 4.78 is 0. The Labute approximate surface area is 100 Å². The van der Waals surface area contributed by atoms with Gasteiger partial charge in [0.25, 0.3) is 0 Å². The number of aliphatic hydroxyl groups is 1. The minimum Gasteiger partial charge on any atom is -0.395 e. The minimum absolute atomic E-state index is 0.328. The van der Waals surface area contributed by atoms with Crippen molar-refractivity contribution in [2.24, 2.45) is 5.92 Å². The number of rotatable bonds is 7. The van der Waals surface area contributed by atoms with Crippen LogP contribution in [0, 0.1) is 5.92 Å². The van der Waals surface area contributed by atoms with Gasteiger partial charge in [-0.25, -0.2) is 0 Å². The van der Waals surface area contributed by atoms with Gasteiger partial charge >= 0.3 is 0 Å². The first kappa shape index (κ1) is 13.9. The van der Waals surface area contributed by atoms with Crippen molar-refractivity contribution < 1.29 is 5.11 Å². The molecule has 2 atom stereocenters. The predicted octanol–water partition coefficient (Wildman–Crippen LogP) is 1.47. The first-order valence-corrected chi connectivity index (χ1v) is 6.83. The number of hydrogen-bond donors (Lipinski definition) is 2. The van der Waals surface area contributed by atoms with Gasteiger partial charge in [-0.15, -0.1) is 0 Å². The Balaban J connectivity index is 2.22. The van der Waals surface area contributed by atoms with Crippen LogP contribution in [0.3, 0.4) is 0 Å². The second-order valence-electron chi connectivity index (χ2n) is 5.14. The highest BCUT2D eigenvalue weighted by Gasteiger charge is 2.22. The highest BCUT2D eigenvalue weighted by atomic mass is 16.3. The highest BCUT2D eigenvalue weighted by molar-refractivity contribution is 4.77. The average Bonchev–Trinajstić information content (AvgIpc) is 2.30. The smallest absolute Gasteiger partial charge is 0.0586 e. The molecule has 0 radical (unpaired) electrons. The molecule has 1 heterocycles. The molecule has 1 saturated heterocycles. The van der Waals surface area contributed by atoms with E-state index in [1.165, 1.54) is 32.2 Å². The van der Waals surface area contributed by atoms with E-state index < -0.39 is 0 Å². The summed E-state index contributed by atoms with van der Waals surface area (Å²) in [6, 6.07) is 0.419. The van der Waals surface area contributed by atoms with Gasteiger partial charge in [0.05, 0.1) is 6.61 Å². The highest BCUT2D eigenvalue weighted by Crippen LogP contribution is 2.17. The van der Waals surface area contributed by atoms with Gasteiger partial charge in [0.15, 0.2) is 0 Å². The molecule has 0 aliphatic carbocycles. The van der Waals surface area contributed by atoms with Crippen molar-refractivity contribution in [1.82, 2.24) is 10.2 Å². The van der Waals surface area contributed by atoms with E-state index in [2.05, 4.69) is 24.1 Å². The monoisotopic (exact) mass is 228 g/mol. The summed E-state index contributed by atoms with van der Waals surface area (Å²) in [5.41, 5.74) is 0. The first-order chi connectivity index (χ1) is 7.77. The summed E-state index contributed by atoms with van der Waals surface area (Å²) in [7, 11) is 0. The van der Waals surface area contributed by atoms with Gasteiger partial charge in [-0.05, 0) is 44.8 Å². The molecule has 3 nitrogen and oxygen atoms in total. The average molecular weight is 228 g/mol. The van der Waals surface area contributed by atoms with Gasteiger partial charge in [0.1, 0.15) is 0 Å². The standard InChI is InChI=1S/C13H28N2O/c1-3-7-14-9-12(2)10-15-8-5-4-6-13(15)11-16/h12-14,16H,3-11H2,1-2H3. The molecule has 96 valence electrons. The molecule has 0 saturated carbocycles. The van der Waals surface area contributed by atoms with Crippen molar-refractivity contribution in [2.75, 3.05) is 32.8 Å². The van der Waals surface area contributed by atoms with Crippen LogP contribution < -0.4 is 5.32 Å². The second kappa shape index (κ2) is 8.04. The molecular weight excluding hydrogens is 200 g/mol. The molecule has 0 spiro atoms. The SMILES string of the molecule is CCCNCC(C)CN1CCCCC1CO. The van der Waals surface area contributed by atoms with E-state index in [0.29, 0.717) is 18.6 Å². The van der Waals surface area contributed by atoms with Crippen molar-refractivity contribution in [1.29, 1.82) is 0 Å². The zero-order valence-electron chi connectivity index (χ0n) is 10.9. The van der Waals surface area contributed by atoms with Crippen LogP contribution in [-0.2, 0) is 0 Å². The van der Waals surface area contributed by atoms with Crippen LogP contribution >= 0.6 is 0 Å². The topological polar surface area (TPSA) is 35.5 Å². The van der Waals surface area contributed by atoms with Crippen molar-refractivity contribution in [3.8, 4) is 0 Å². The molecule has 0 aromatic rings. The van der Waals surface area contributed by atoms with Gasteiger partial charge in [0, 0.05) is 12.6 Å². The van der Waals surface area contributed by atoms with Crippen LogP contribution in [-0.4, -0.2) is 48.8 Å². The van der Waals surface area contributed by atoms with Crippen molar-refractivity contribution in [2.45, 2.75) is 45.6 Å². The molecule has 1 aliphatic rings. The Morgan fingerprint density at radius 3 is 2.94 bits per heavy atom. The largest absolute Gasteiger partial charge is 0.395 e. The summed E-state index contributed by atoms with van der Waals surface area (Å²) in [5.74, 6) is 0.679. The molecule has 2 unspecified atom stereocenters. The molecule has 1 rings (SSSR count). The quantitative estimate of drug-likeness (QED) is 0.648. The molecule has 1 aliphatic heterocycles. The number of piperidine rings is 1. The number of likely N-dealkylation sites (tertiary alicyclic amines) is 1. The Hall–Kier alpha value is -0.120. The lowest BCUT2D eigenvalue weighted by atomic mass is 10.0. The normalized spacial score (nSPS) is 24.6. The van der Waals surface area contributed by atoms with E-state index in [9.17, 15) is 5.11 Å². The Kier molecular flexibility index (Phi) is 7.01. The van der Waals surface area contributed by atoms with E-state index in [1.807, 2.05) is 0 Å². The van der Waals surface area contributed by atoms with Crippen molar-refractivity contribution >= 4 is 0 Å². The van der Waals surface area contributed by atoms with Crippen LogP contribution in [0.1, 0.15) is 39.5 Å². The fourth-order valence-corrected chi connectivity index (χ4v) is 2.50. The van der Waals surface area contributed by atoms with E-state index in [1.54, 1.807) is 0 Å². The summed E-state index contributed by atoms with van der Waals surface area (Å²) in [6.45, 7) is 9.34. The van der Waals surface area contributed by atoms with Crippen LogP contribution in [0.25, 0.3) is 0 Å². The molecule has 0 bridgehead atoms. The number of nitrogens with one attached hydrogen (secondary N) is 1. The number of hydrogen-bond acceptors (Lipinski definition) is 3. The van der Waals surface area contributed by atoms with Crippen molar-refractivity contribution in [3.05, 3.63) is 0 Å². The maximum atomic E-state index is 9.33. The summed E-state index contributed by atoms with van der Waals surface area (Å²) in [6.07, 6.45) is 4.96. The number of aliphatic hydroxyl groups excluding tert-OH is 1. The molecule has 16 heavy (non-hydrogen) atoms. The lowest BCUT2D eigenvalue weighted by Crippen LogP contribution is -2.45. The number of nitrogens with zero attached hydrogens (tertiary/aromatic N) is 1. The lowest BCUT2D eigenvalue weighted by Gasteiger charge is -2.36. The summed E-state index contributed by atoms with van der Waals surface area (Å²) >= 11 is 0. The summed E-state index contributed by atoms with van der Waals surface area (Å²) in [4.78, 5) is 2.47. The van der Waals surface area contributed by atoms with Gasteiger partial charge in [-0.3, -0.25) is 4.90 Å². The maximum absolute atomic E-state index is 9.33. The first-order valence-electron chi connectivity index (χ1n) is 6.83. The Morgan fingerprint density at radius 2 is 2.25 bits per heavy atom. The third-order valence-electron chi connectivity index (χ3n) is 3.43. The van der Waals surface area contributed by atoms with E-state index in [0.717, 1.165) is 19.6 Å². The molecule has 1 fully saturated rings. The van der Waals surface area contributed by atoms with Crippen LogP contribution in [0.5, 0.6) is 0 Å². The van der Waals surface area contributed by atoms with Crippen molar-refractivity contribution in [3.63, 3.8) is 0 Å². The zero-order valence-corrected chi connectivity index (χ0v) is 10.9.